The molecule has 2 rings (SSSR count). The number of benzene rings is 2. The normalized spacial score (nSPS) is 12.5. The van der Waals surface area contributed by atoms with Gasteiger partial charge in [-0.3, -0.25) is 0 Å². The molecule has 0 aliphatic rings. The largest absolute Gasteiger partial charge is 0.313 e. The van der Waals surface area contributed by atoms with Crippen molar-refractivity contribution in [2.75, 3.05) is 7.05 Å². The van der Waals surface area contributed by atoms with Gasteiger partial charge < -0.3 is 5.32 Å². The van der Waals surface area contributed by atoms with Crippen LogP contribution in [0.15, 0.2) is 39.3 Å². The fraction of sp³-hybridized carbons (Fsp3) is 0.200. The van der Waals surface area contributed by atoms with E-state index in [-0.39, 0.29) is 16.3 Å². The van der Waals surface area contributed by atoms with Crippen LogP contribution in [0.5, 0.6) is 0 Å². The lowest BCUT2D eigenvalue weighted by Gasteiger charge is -2.19. The quantitative estimate of drug-likeness (QED) is 0.673. The van der Waals surface area contributed by atoms with Crippen molar-refractivity contribution in [3.63, 3.8) is 0 Å². The topological polar surface area (TPSA) is 12.0 Å². The highest BCUT2D eigenvalue weighted by molar-refractivity contribution is 9.10. The van der Waals surface area contributed by atoms with E-state index in [0.717, 1.165) is 6.07 Å². The number of halogens is 5. The van der Waals surface area contributed by atoms with Gasteiger partial charge in [-0.15, -0.1) is 0 Å². The molecule has 0 aliphatic heterocycles. The first kappa shape index (κ1) is 16.5. The van der Waals surface area contributed by atoms with Gasteiger partial charge in [0, 0.05) is 10.5 Å². The average molecular weight is 423 g/mol. The third-order valence-corrected chi connectivity index (χ3v) is 4.53. The first-order valence-corrected chi connectivity index (χ1v) is 7.77. The van der Waals surface area contributed by atoms with Gasteiger partial charge in [0.2, 0.25) is 0 Å². The minimum absolute atomic E-state index is 0.0550. The summed E-state index contributed by atoms with van der Waals surface area (Å²) in [6.45, 7) is 0. The third-order valence-electron chi connectivity index (χ3n) is 3.23. The van der Waals surface area contributed by atoms with Crippen LogP contribution in [-0.2, 0) is 6.42 Å². The van der Waals surface area contributed by atoms with E-state index >= 15 is 0 Å². The van der Waals surface area contributed by atoms with Gasteiger partial charge in [-0.2, -0.15) is 0 Å². The van der Waals surface area contributed by atoms with E-state index in [9.17, 15) is 13.2 Å². The highest BCUT2D eigenvalue weighted by atomic mass is 79.9. The molecule has 112 valence electrons. The molecule has 0 heterocycles. The Bertz CT molecular complexity index is 662. The van der Waals surface area contributed by atoms with E-state index in [4.69, 9.17) is 0 Å². The summed E-state index contributed by atoms with van der Waals surface area (Å²) in [6.07, 6.45) is 0.319. The van der Waals surface area contributed by atoms with Crippen LogP contribution in [-0.4, -0.2) is 7.05 Å². The number of hydrogen-bond acceptors (Lipinski definition) is 1. The highest BCUT2D eigenvalue weighted by Crippen LogP contribution is 2.30. The standard InChI is InChI=1S/C15H12Br2F3N/c1-21-13(6-8-2-3-9(16)7-12(8)19)10-4-5-11(18)15(20)14(10)17/h2-5,7,13,21H,6H2,1H3. The molecule has 0 amide bonds. The van der Waals surface area contributed by atoms with Crippen LogP contribution >= 0.6 is 31.9 Å². The molecule has 0 saturated heterocycles. The average Bonchev–Trinajstić information content (AvgIpc) is 2.45. The smallest absolute Gasteiger partial charge is 0.173 e. The summed E-state index contributed by atoms with van der Waals surface area (Å²) in [7, 11) is 1.69. The Morgan fingerprint density at radius 2 is 1.76 bits per heavy atom. The van der Waals surface area contributed by atoms with Gasteiger partial charge in [-0.25, -0.2) is 13.2 Å². The monoisotopic (exact) mass is 421 g/mol. The maximum atomic E-state index is 13.9. The molecule has 0 saturated carbocycles. The van der Waals surface area contributed by atoms with Gasteiger partial charge in [-0.05, 0) is 58.7 Å². The SMILES string of the molecule is CNC(Cc1ccc(Br)cc1F)c1ccc(F)c(F)c1Br. The highest BCUT2D eigenvalue weighted by Gasteiger charge is 2.19. The van der Waals surface area contributed by atoms with Crippen molar-refractivity contribution < 1.29 is 13.2 Å². The fourth-order valence-electron chi connectivity index (χ4n) is 2.08. The van der Waals surface area contributed by atoms with E-state index in [0.29, 0.717) is 22.0 Å². The van der Waals surface area contributed by atoms with Crippen LogP contribution in [0.25, 0.3) is 0 Å². The number of nitrogens with one attached hydrogen (secondary N) is 1. The molecular weight excluding hydrogens is 411 g/mol. The Labute approximate surface area is 137 Å². The molecule has 1 nitrogen and oxygen atoms in total. The molecule has 0 aromatic heterocycles. The summed E-state index contributed by atoms with van der Waals surface area (Å²) in [4.78, 5) is 0. The Morgan fingerprint density at radius 1 is 1.05 bits per heavy atom. The molecule has 0 radical (unpaired) electrons. The zero-order valence-electron chi connectivity index (χ0n) is 11.1. The van der Waals surface area contributed by atoms with Crippen LogP contribution in [0.1, 0.15) is 17.2 Å². The van der Waals surface area contributed by atoms with Gasteiger partial charge in [0.25, 0.3) is 0 Å². The lowest BCUT2D eigenvalue weighted by Crippen LogP contribution is -2.20. The second-order valence-corrected chi connectivity index (χ2v) is 6.25. The number of hydrogen-bond donors (Lipinski definition) is 1. The summed E-state index contributed by atoms with van der Waals surface area (Å²) in [5.74, 6) is -2.21. The second-order valence-electron chi connectivity index (χ2n) is 4.55. The predicted molar refractivity (Wildman–Crippen MR) is 83.7 cm³/mol. The van der Waals surface area contributed by atoms with Crippen molar-refractivity contribution in [3.05, 3.63) is 67.9 Å². The fourth-order valence-corrected chi connectivity index (χ4v) is 3.02. The van der Waals surface area contributed by atoms with Gasteiger partial charge in [0.1, 0.15) is 5.82 Å². The summed E-state index contributed by atoms with van der Waals surface area (Å²) in [5.41, 5.74) is 1.04. The van der Waals surface area contributed by atoms with Crippen LogP contribution in [0.4, 0.5) is 13.2 Å². The molecule has 6 heteroatoms. The van der Waals surface area contributed by atoms with Crippen molar-refractivity contribution in [3.8, 4) is 0 Å². The van der Waals surface area contributed by atoms with Crippen LogP contribution in [0, 0.1) is 17.5 Å². The molecule has 1 N–H and O–H groups in total. The second kappa shape index (κ2) is 6.94. The first-order chi connectivity index (χ1) is 9.93. The lowest BCUT2D eigenvalue weighted by atomic mass is 9.98. The Balaban J connectivity index is 2.34. The van der Waals surface area contributed by atoms with E-state index < -0.39 is 11.6 Å². The summed E-state index contributed by atoms with van der Waals surface area (Å²) in [6, 6.07) is 6.99. The van der Waals surface area contributed by atoms with Gasteiger partial charge >= 0.3 is 0 Å². The molecule has 2 aromatic rings. The van der Waals surface area contributed by atoms with Gasteiger partial charge in [-0.1, -0.05) is 28.1 Å². The maximum Gasteiger partial charge on any atom is 0.173 e. The molecule has 1 unspecified atom stereocenters. The summed E-state index contributed by atoms with van der Waals surface area (Å²) < 4.78 is 41.4. The molecular formula is C15H12Br2F3N. The lowest BCUT2D eigenvalue weighted by molar-refractivity contribution is 0.493. The zero-order valence-corrected chi connectivity index (χ0v) is 14.2. The molecule has 2 aromatic carbocycles. The molecule has 0 spiro atoms. The van der Waals surface area contributed by atoms with E-state index in [2.05, 4.69) is 37.2 Å². The molecule has 0 aliphatic carbocycles. The molecule has 0 bridgehead atoms. The Hall–Kier alpha value is -0.850. The van der Waals surface area contributed by atoms with Crippen molar-refractivity contribution in [1.29, 1.82) is 0 Å². The maximum absolute atomic E-state index is 13.9. The van der Waals surface area contributed by atoms with Crippen molar-refractivity contribution >= 4 is 31.9 Å². The summed E-state index contributed by atoms with van der Waals surface area (Å²) in [5, 5.41) is 3.00. The van der Waals surface area contributed by atoms with E-state index in [1.807, 2.05) is 0 Å². The number of likely N-dealkylation sites (N-methyl/N-ethyl adjacent to an activating group) is 1. The van der Waals surface area contributed by atoms with Crippen LogP contribution in [0.2, 0.25) is 0 Å². The van der Waals surface area contributed by atoms with Crippen molar-refractivity contribution in [1.82, 2.24) is 5.32 Å². The van der Waals surface area contributed by atoms with E-state index in [1.165, 1.54) is 12.1 Å². The van der Waals surface area contributed by atoms with Crippen LogP contribution in [0.3, 0.4) is 0 Å². The van der Waals surface area contributed by atoms with E-state index in [1.54, 1.807) is 19.2 Å². The Morgan fingerprint density at radius 3 is 2.38 bits per heavy atom. The Kier molecular flexibility index (Phi) is 5.46. The summed E-state index contributed by atoms with van der Waals surface area (Å²) >= 11 is 6.26. The molecule has 1 atom stereocenters. The van der Waals surface area contributed by atoms with Gasteiger partial charge in [0.05, 0.1) is 4.47 Å². The van der Waals surface area contributed by atoms with Crippen molar-refractivity contribution in [2.24, 2.45) is 0 Å². The number of rotatable bonds is 4. The van der Waals surface area contributed by atoms with Gasteiger partial charge in [0.15, 0.2) is 11.6 Å². The molecule has 21 heavy (non-hydrogen) atoms. The first-order valence-electron chi connectivity index (χ1n) is 6.18. The predicted octanol–water partition coefficient (Wildman–Crippen LogP) is 5.13. The molecule has 0 fully saturated rings. The third kappa shape index (κ3) is 3.67. The van der Waals surface area contributed by atoms with Crippen LogP contribution < -0.4 is 5.32 Å². The minimum atomic E-state index is -0.941. The minimum Gasteiger partial charge on any atom is -0.313 e. The van der Waals surface area contributed by atoms with Crippen molar-refractivity contribution in [2.45, 2.75) is 12.5 Å². The zero-order chi connectivity index (χ0) is 15.6.